The molecule has 0 heterocycles. The first kappa shape index (κ1) is 9.18. The van der Waals surface area contributed by atoms with Gasteiger partial charge in [-0.25, -0.2) is 0 Å². The molecule has 0 aromatic rings. The fourth-order valence-corrected chi connectivity index (χ4v) is 0. The molecule has 2 nitrogen and oxygen atoms in total. The molecule has 5 heavy (non-hydrogen) atoms. The molecule has 0 aromatic carbocycles. The van der Waals surface area contributed by atoms with E-state index in [9.17, 15) is 3.89 Å². The van der Waals surface area contributed by atoms with Gasteiger partial charge in [0.05, 0.1) is 0 Å². The Morgan fingerprint density at radius 2 is 1.80 bits per heavy atom. The quantitative estimate of drug-likeness (QED) is 0.301. The molecule has 0 rings (SSSR count). The van der Waals surface area contributed by atoms with Gasteiger partial charge in [-0.2, -0.15) is 4.21 Å². The second kappa shape index (κ2) is 4.66. The van der Waals surface area contributed by atoms with Gasteiger partial charge in [-0.05, 0) is 0 Å². The minimum atomic E-state index is -3.11. The van der Waals surface area contributed by atoms with Crippen LogP contribution in [-0.2, 0) is 30.9 Å². The standard InChI is InChI=1S/FHO2S.Zn/c1-4(2)3;/h(H,2,3);. The Labute approximate surface area is 44.1 Å². The monoisotopic (exact) mass is 148 g/mol. The van der Waals surface area contributed by atoms with E-state index in [-0.39, 0.29) is 19.5 Å². The van der Waals surface area contributed by atoms with E-state index in [2.05, 4.69) is 0 Å². The van der Waals surface area contributed by atoms with Crippen molar-refractivity contribution in [1.82, 2.24) is 0 Å². The van der Waals surface area contributed by atoms with E-state index in [1.54, 1.807) is 0 Å². The molecule has 0 saturated heterocycles. The molecule has 5 heteroatoms. The van der Waals surface area contributed by atoms with E-state index in [4.69, 9.17) is 8.76 Å². The van der Waals surface area contributed by atoms with Gasteiger partial charge in [0, 0.05) is 19.5 Å². The Hall–Kier alpha value is 0.663. The maximum Gasteiger partial charge on any atom is 0.342 e. The van der Waals surface area contributed by atoms with E-state index < -0.39 is 11.5 Å². The van der Waals surface area contributed by atoms with Crippen LogP contribution < -0.4 is 0 Å². The van der Waals surface area contributed by atoms with Crippen molar-refractivity contribution in [3.8, 4) is 0 Å². The van der Waals surface area contributed by atoms with Crippen LogP contribution in [0.5, 0.6) is 0 Å². The molecule has 0 amide bonds. The fraction of sp³-hybridized carbons (Fsp3) is 0. The van der Waals surface area contributed by atoms with Crippen molar-refractivity contribution in [3.05, 3.63) is 0 Å². The molecule has 1 atom stereocenters. The van der Waals surface area contributed by atoms with Crippen LogP contribution in [0.1, 0.15) is 0 Å². The summed E-state index contributed by atoms with van der Waals surface area (Å²) in [5.41, 5.74) is 0. The van der Waals surface area contributed by atoms with Crippen molar-refractivity contribution in [2.45, 2.75) is 0 Å². The van der Waals surface area contributed by atoms with Gasteiger partial charge in [0.25, 0.3) is 0 Å². The molecule has 0 bridgehead atoms. The number of rotatable bonds is 0. The Morgan fingerprint density at radius 1 is 1.80 bits per heavy atom. The molecule has 0 aromatic heterocycles. The molecule has 0 aliphatic heterocycles. The normalized spacial score (nSPS) is 12.4. The molecule has 0 aliphatic carbocycles. The maximum atomic E-state index is 10.0. The molecular weight excluding hydrogens is 148 g/mol. The van der Waals surface area contributed by atoms with Crippen molar-refractivity contribution in [2.24, 2.45) is 0 Å². The van der Waals surface area contributed by atoms with Gasteiger partial charge in [0.1, 0.15) is 0 Å². The average molecular weight is 149 g/mol. The number of hydrogen-bond donors (Lipinski definition) is 1. The SMILES string of the molecule is O=S(O)F.[Zn]. The molecule has 0 aliphatic rings. The third-order valence-corrected chi connectivity index (χ3v) is 0. The second-order valence-electron chi connectivity index (χ2n) is 0.207. The summed E-state index contributed by atoms with van der Waals surface area (Å²) >= 11 is -3.11. The third kappa shape index (κ3) is 75.2. The van der Waals surface area contributed by atoms with Gasteiger partial charge in [0.2, 0.25) is 0 Å². The Balaban J connectivity index is 0. The van der Waals surface area contributed by atoms with E-state index in [1.807, 2.05) is 0 Å². The summed E-state index contributed by atoms with van der Waals surface area (Å²) in [6, 6.07) is 0. The van der Waals surface area contributed by atoms with Crippen molar-refractivity contribution in [3.63, 3.8) is 0 Å². The summed E-state index contributed by atoms with van der Waals surface area (Å²) in [6.07, 6.45) is 0. The van der Waals surface area contributed by atoms with E-state index in [0.29, 0.717) is 0 Å². The molecule has 0 saturated carbocycles. The Kier molecular flexibility index (Phi) is 8.56. The first-order valence-corrected chi connectivity index (χ1v) is 1.51. The molecular formula is HFO2SZn. The van der Waals surface area contributed by atoms with E-state index in [1.165, 1.54) is 0 Å². The summed E-state index contributed by atoms with van der Waals surface area (Å²) in [5, 5.41) is 0. The average Bonchev–Trinajstić information content (AvgIpc) is 0.811. The van der Waals surface area contributed by atoms with Crippen LogP contribution in [0.15, 0.2) is 0 Å². The van der Waals surface area contributed by atoms with Crippen LogP contribution in [-0.4, -0.2) is 8.76 Å². The summed E-state index contributed by atoms with van der Waals surface area (Å²) in [4.78, 5) is 0. The van der Waals surface area contributed by atoms with Crippen LogP contribution in [0.3, 0.4) is 0 Å². The molecule has 0 radical (unpaired) electrons. The first-order chi connectivity index (χ1) is 1.73. The van der Waals surface area contributed by atoms with E-state index >= 15 is 0 Å². The maximum absolute atomic E-state index is 10.0. The first-order valence-electron chi connectivity index (χ1n) is 0.504. The van der Waals surface area contributed by atoms with Crippen LogP contribution >= 0.6 is 0 Å². The van der Waals surface area contributed by atoms with Gasteiger partial charge in [-0.3, -0.25) is 4.55 Å². The summed E-state index contributed by atoms with van der Waals surface area (Å²) < 4.78 is 25.3. The van der Waals surface area contributed by atoms with Gasteiger partial charge in [0.15, 0.2) is 0 Å². The minimum Gasteiger partial charge on any atom is -0.280 e. The minimum absolute atomic E-state index is 0. The third-order valence-electron chi connectivity index (χ3n) is 0. The number of hydrogen-bond acceptors (Lipinski definition) is 1. The zero-order valence-corrected chi connectivity index (χ0v) is 6.13. The van der Waals surface area contributed by atoms with Gasteiger partial charge >= 0.3 is 11.5 Å². The van der Waals surface area contributed by atoms with Crippen molar-refractivity contribution in [2.75, 3.05) is 0 Å². The van der Waals surface area contributed by atoms with Crippen molar-refractivity contribution < 1.29 is 32.1 Å². The van der Waals surface area contributed by atoms with Crippen LogP contribution in [0.25, 0.3) is 0 Å². The molecule has 0 fully saturated rings. The summed E-state index contributed by atoms with van der Waals surface area (Å²) in [6.45, 7) is 0. The van der Waals surface area contributed by atoms with Crippen molar-refractivity contribution >= 4 is 11.5 Å². The van der Waals surface area contributed by atoms with Gasteiger partial charge in [-0.1, -0.05) is 0 Å². The second-order valence-corrected chi connectivity index (χ2v) is 0.620. The molecule has 1 unspecified atom stereocenters. The smallest absolute Gasteiger partial charge is 0.280 e. The van der Waals surface area contributed by atoms with E-state index in [0.717, 1.165) is 0 Å². The zero-order chi connectivity index (χ0) is 3.58. The summed E-state index contributed by atoms with van der Waals surface area (Å²) in [5.74, 6) is 0. The van der Waals surface area contributed by atoms with Crippen LogP contribution in [0, 0.1) is 0 Å². The van der Waals surface area contributed by atoms with Gasteiger partial charge in [-0.15, -0.1) is 3.89 Å². The summed E-state index contributed by atoms with van der Waals surface area (Å²) in [7, 11) is 0. The fourth-order valence-electron chi connectivity index (χ4n) is 0. The topological polar surface area (TPSA) is 37.3 Å². The molecule has 0 spiro atoms. The Bertz CT molecular complexity index is 32.6. The van der Waals surface area contributed by atoms with Crippen LogP contribution in [0.2, 0.25) is 0 Å². The molecule has 1 N–H and O–H groups in total. The predicted octanol–water partition coefficient (Wildman–Crippen LogP) is 0.0901. The predicted molar refractivity (Wildman–Crippen MR) is 11.9 cm³/mol. The van der Waals surface area contributed by atoms with Crippen molar-refractivity contribution in [1.29, 1.82) is 0 Å². The van der Waals surface area contributed by atoms with Gasteiger partial charge < -0.3 is 0 Å². The zero-order valence-electron chi connectivity index (χ0n) is 2.35. The number of halogens is 1. The largest absolute Gasteiger partial charge is 0.342 e. The Morgan fingerprint density at radius 3 is 1.80 bits per heavy atom. The van der Waals surface area contributed by atoms with Crippen LogP contribution in [0.4, 0.5) is 3.89 Å². The molecule has 28 valence electrons.